The lowest BCUT2D eigenvalue weighted by Crippen LogP contribution is -2.40. The van der Waals surface area contributed by atoms with Crippen LogP contribution >= 0.6 is 0 Å². The van der Waals surface area contributed by atoms with E-state index in [0.717, 1.165) is 25.3 Å². The third-order valence-electron chi connectivity index (χ3n) is 3.31. The zero-order valence-electron chi connectivity index (χ0n) is 10.3. The Hall–Kier alpha value is -1.20. The van der Waals surface area contributed by atoms with Crippen LogP contribution in [0.15, 0.2) is 17.2 Å². The van der Waals surface area contributed by atoms with Gasteiger partial charge in [0.2, 0.25) is 0 Å². The molecule has 2 atom stereocenters. The molecule has 0 amide bonds. The molecule has 2 heterocycles. The van der Waals surface area contributed by atoms with E-state index in [0.29, 0.717) is 12.5 Å². The molecule has 1 aromatic rings. The van der Waals surface area contributed by atoms with Crippen molar-refractivity contribution in [2.45, 2.75) is 25.9 Å². The molecule has 0 saturated carbocycles. The first-order chi connectivity index (χ1) is 8.20. The van der Waals surface area contributed by atoms with Crippen molar-refractivity contribution in [3.63, 3.8) is 0 Å². The lowest BCUT2D eigenvalue weighted by Gasteiger charge is -2.22. The van der Waals surface area contributed by atoms with Crippen LogP contribution in [0.3, 0.4) is 0 Å². The van der Waals surface area contributed by atoms with Crippen molar-refractivity contribution < 1.29 is 4.74 Å². The first-order valence-electron chi connectivity index (χ1n) is 5.99. The molecule has 2 rings (SSSR count). The van der Waals surface area contributed by atoms with E-state index >= 15 is 0 Å². The molecule has 94 valence electrons. The van der Waals surface area contributed by atoms with Gasteiger partial charge in [-0.2, -0.15) is 0 Å². The second-order valence-corrected chi connectivity index (χ2v) is 4.54. The van der Waals surface area contributed by atoms with Crippen molar-refractivity contribution in [2.75, 3.05) is 20.3 Å². The van der Waals surface area contributed by atoms with Crippen LogP contribution in [-0.4, -0.2) is 35.9 Å². The zero-order chi connectivity index (χ0) is 12.3. The molecule has 0 spiro atoms. The number of aryl methyl sites for hydroxylation is 1. The molecule has 0 radical (unpaired) electrons. The van der Waals surface area contributed by atoms with Crippen molar-refractivity contribution in [2.24, 2.45) is 5.92 Å². The van der Waals surface area contributed by atoms with Crippen LogP contribution in [0.25, 0.3) is 0 Å². The molecule has 0 bridgehead atoms. The maximum absolute atomic E-state index is 11.8. The summed E-state index contributed by atoms with van der Waals surface area (Å²) in [5.74, 6) is 0.480. The monoisotopic (exact) mass is 237 g/mol. The summed E-state index contributed by atoms with van der Waals surface area (Å²) in [6, 6.07) is 1.83. The van der Waals surface area contributed by atoms with Gasteiger partial charge in [0.15, 0.2) is 0 Å². The Bertz CT molecular complexity index is 424. The highest BCUT2D eigenvalue weighted by Gasteiger charge is 2.24. The quantitative estimate of drug-likeness (QED) is 0.811. The lowest BCUT2D eigenvalue weighted by molar-refractivity contribution is 0.174. The number of likely N-dealkylation sites (N-methyl/N-ethyl adjacent to an activating group) is 1. The molecule has 1 fully saturated rings. The fraction of sp³-hybridized carbons (Fsp3) is 0.667. The second kappa shape index (κ2) is 5.42. The first-order valence-corrected chi connectivity index (χ1v) is 5.99. The maximum atomic E-state index is 11.8. The summed E-state index contributed by atoms with van der Waals surface area (Å²) in [6.45, 7) is 4.08. The minimum atomic E-state index is 0.0108. The normalized spacial score (nSPS) is 21.6. The van der Waals surface area contributed by atoms with Gasteiger partial charge in [0.1, 0.15) is 0 Å². The molecule has 0 aromatic carbocycles. The maximum Gasteiger partial charge on any atom is 0.253 e. The zero-order valence-corrected chi connectivity index (χ0v) is 10.3. The van der Waals surface area contributed by atoms with Crippen molar-refractivity contribution in [1.82, 2.24) is 14.9 Å². The predicted molar refractivity (Wildman–Crippen MR) is 65.0 cm³/mol. The Morgan fingerprint density at radius 3 is 3.12 bits per heavy atom. The van der Waals surface area contributed by atoms with Crippen molar-refractivity contribution in [3.8, 4) is 0 Å². The van der Waals surface area contributed by atoms with E-state index in [-0.39, 0.29) is 11.6 Å². The Morgan fingerprint density at radius 1 is 1.71 bits per heavy atom. The van der Waals surface area contributed by atoms with Crippen molar-refractivity contribution in [1.29, 1.82) is 0 Å². The molecule has 5 heteroatoms. The highest BCUT2D eigenvalue weighted by Crippen LogP contribution is 2.17. The summed E-state index contributed by atoms with van der Waals surface area (Å²) in [4.78, 5) is 15.9. The third-order valence-corrected chi connectivity index (χ3v) is 3.31. The summed E-state index contributed by atoms with van der Waals surface area (Å²) in [6.07, 6.45) is 2.68. The minimum Gasteiger partial charge on any atom is -0.381 e. The van der Waals surface area contributed by atoms with Gasteiger partial charge in [0, 0.05) is 36.9 Å². The van der Waals surface area contributed by atoms with E-state index in [1.165, 1.54) is 0 Å². The Labute approximate surface area is 101 Å². The van der Waals surface area contributed by atoms with Crippen LogP contribution in [0.5, 0.6) is 0 Å². The molecule has 1 aliphatic rings. The predicted octanol–water partition coefficient (Wildman–Crippen LogP) is 0.176. The number of hydrogen-bond donors (Lipinski definition) is 1. The van der Waals surface area contributed by atoms with Gasteiger partial charge >= 0.3 is 0 Å². The number of hydrogen-bond acceptors (Lipinski definition) is 4. The van der Waals surface area contributed by atoms with E-state index in [4.69, 9.17) is 4.74 Å². The molecule has 0 aliphatic carbocycles. The van der Waals surface area contributed by atoms with Gasteiger partial charge in [0.05, 0.1) is 12.9 Å². The van der Waals surface area contributed by atoms with E-state index in [1.807, 2.05) is 14.0 Å². The molecular formula is C12H19N3O2. The number of rotatable bonds is 4. The Balaban J connectivity index is 2.09. The topological polar surface area (TPSA) is 56.2 Å². The molecule has 2 unspecified atom stereocenters. The van der Waals surface area contributed by atoms with E-state index < -0.39 is 0 Å². The number of nitrogens with zero attached hydrogens (tertiary/aromatic N) is 2. The average Bonchev–Trinajstić information content (AvgIpc) is 2.81. The van der Waals surface area contributed by atoms with Crippen LogP contribution in [0, 0.1) is 12.8 Å². The fourth-order valence-corrected chi connectivity index (χ4v) is 2.21. The number of aromatic nitrogens is 2. The first kappa shape index (κ1) is 12.3. The van der Waals surface area contributed by atoms with Gasteiger partial charge in [-0.1, -0.05) is 0 Å². The summed E-state index contributed by atoms with van der Waals surface area (Å²) < 4.78 is 7.04. The van der Waals surface area contributed by atoms with Gasteiger partial charge in [-0.3, -0.25) is 9.36 Å². The van der Waals surface area contributed by atoms with Gasteiger partial charge in [-0.25, -0.2) is 4.98 Å². The lowest BCUT2D eigenvalue weighted by atomic mass is 9.99. The highest BCUT2D eigenvalue weighted by atomic mass is 16.5. The largest absolute Gasteiger partial charge is 0.381 e. The molecule has 1 aliphatic heterocycles. The molecular weight excluding hydrogens is 218 g/mol. The van der Waals surface area contributed by atoms with Gasteiger partial charge in [-0.15, -0.1) is 0 Å². The van der Waals surface area contributed by atoms with Crippen LogP contribution in [0.2, 0.25) is 0 Å². The molecule has 5 nitrogen and oxygen atoms in total. The standard InChI is InChI=1S/C12H19N3O2/c1-9-5-12(16)15(8-14-9)6-11(13-2)10-3-4-17-7-10/h5,8,10-11,13H,3-4,6-7H2,1-2H3. The van der Waals surface area contributed by atoms with Gasteiger partial charge in [0.25, 0.3) is 5.56 Å². The average molecular weight is 237 g/mol. The smallest absolute Gasteiger partial charge is 0.253 e. The van der Waals surface area contributed by atoms with Crippen LogP contribution in [0.1, 0.15) is 12.1 Å². The van der Waals surface area contributed by atoms with Crippen LogP contribution in [0.4, 0.5) is 0 Å². The van der Waals surface area contributed by atoms with Crippen molar-refractivity contribution >= 4 is 0 Å². The van der Waals surface area contributed by atoms with Crippen LogP contribution < -0.4 is 10.9 Å². The van der Waals surface area contributed by atoms with E-state index in [9.17, 15) is 4.79 Å². The number of nitrogens with one attached hydrogen (secondary N) is 1. The van der Waals surface area contributed by atoms with E-state index in [1.54, 1.807) is 17.0 Å². The van der Waals surface area contributed by atoms with Crippen molar-refractivity contribution in [3.05, 3.63) is 28.4 Å². The Kier molecular flexibility index (Phi) is 3.91. The summed E-state index contributed by atoms with van der Waals surface area (Å²) in [5.41, 5.74) is 0.771. The Morgan fingerprint density at radius 2 is 2.53 bits per heavy atom. The minimum absolute atomic E-state index is 0.0108. The van der Waals surface area contributed by atoms with Crippen LogP contribution in [-0.2, 0) is 11.3 Å². The summed E-state index contributed by atoms with van der Waals surface area (Å²) in [7, 11) is 1.93. The van der Waals surface area contributed by atoms with Gasteiger partial charge < -0.3 is 10.1 Å². The summed E-state index contributed by atoms with van der Waals surface area (Å²) in [5, 5.41) is 3.27. The number of ether oxygens (including phenoxy) is 1. The SMILES string of the molecule is CNC(Cn1cnc(C)cc1=O)C1CCOC1. The van der Waals surface area contributed by atoms with E-state index in [2.05, 4.69) is 10.3 Å². The second-order valence-electron chi connectivity index (χ2n) is 4.54. The summed E-state index contributed by atoms with van der Waals surface area (Å²) >= 11 is 0. The molecule has 1 saturated heterocycles. The third kappa shape index (κ3) is 2.92. The molecule has 1 N–H and O–H groups in total. The highest BCUT2D eigenvalue weighted by molar-refractivity contribution is 4.96. The van der Waals surface area contributed by atoms with Gasteiger partial charge in [-0.05, 0) is 20.4 Å². The fourth-order valence-electron chi connectivity index (χ4n) is 2.21. The molecule has 1 aromatic heterocycles. The molecule has 17 heavy (non-hydrogen) atoms.